The van der Waals surface area contributed by atoms with E-state index in [-0.39, 0.29) is 5.41 Å². The van der Waals surface area contributed by atoms with Gasteiger partial charge in [-0.1, -0.05) is 0 Å². The van der Waals surface area contributed by atoms with Crippen LogP contribution in [0.25, 0.3) is 0 Å². The molecule has 0 saturated carbocycles. The second-order valence-electron chi connectivity index (χ2n) is 9.59. The first-order chi connectivity index (χ1) is 12.8. The fourth-order valence-corrected chi connectivity index (χ4v) is 20.8. The van der Waals surface area contributed by atoms with Crippen molar-refractivity contribution in [3.05, 3.63) is 9.67 Å². The Balaban J connectivity index is 5.75. The summed E-state index contributed by atoms with van der Waals surface area (Å²) in [5.74, 6) is 7.04. The van der Waals surface area contributed by atoms with E-state index < -0.39 is 18.4 Å². The van der Waals surface area contributed by atoms with Crippen LogP contribution in [0.1, 0.15) is 119 Å². The third-order valence-electron chi connectivity index (χ3n) is 5.70. The summed E-state index contributed by atoms with van der Waals surface area (Å²) in [4.78, 5) is 0. The molecule has 0 amide bonds. The van der Waals surface area contributed by atoms with Crippen LogP contribution in [0, 0.1) is 17.3 Å². The molecule has 158 valence electrons. The molecule has 0 radical (unpaired) electrons. The Morgan fingerprint density at radius 2 is 1.19 bits per heavy atom. The minimum absolute atomic E-state index is 0.109. The quantitative estimate of drug-likeness (QED) is 0.124. The van der Waals surface area contributed by atoms with Gasteiger partial charge in [0.1, 0.15) is 0 Å². The summed E-state index contributed by atoms with van der Waals surface area (Å²) in [5, 5.41) is 0. The van der Waals surface area contributed by atoms with Crippen LogP contribution in [-0.2, 0) is 0 Å². The molecule has 27 heavy (non-hydrogen) atoms. The van der Waals surface area contributed by atoms with Gasteiger partial charge in [-0.25, -0.2) is 0 Å². The van der Waals surface area contributed by atoms with Crippen LogP contribution in [0.3, 0.4) is 0 Å². The van der Waals surface area contributed by atoms with Gasteiger partial charge in [0.15, 0.2) is 0 Å². The molecule has 0 unspecified atom stereocenters. The molecule has 0 aliphatic heterocycles. The molecule has 0 atom stereocenters. The Morgan fingerprint density at radius 1 is 0.704 bits per heavy atom. The number of allylic oxidation sites excluding steroid dienone is 2. The first-order valence-corrected chi connectivity index (χ1v) is 19.6. The number of hydrogen-bond acceptors (Lipinski definition) is 0. The van der Waals surface area contributed by atoms with Gasteiger partial charge in [0, 0.05) is 0 Å². The van der Waals surface area contributed by atoms with Gasteiger partial charge >= 0.3 is 178 Å². The summed E-state index contributed by atoms with van der Waals surface area (Å²) < 4.78 is 6.61. The van der Waals surface area contributed by atoms with Crippen molar-refractivity contribution in [1.82, 2.24) is 0 Å². The van der Waals surface area contributed by atoms with Crippen molar-refractivity contribution in [2.45, 2.75) is 132 Å². The average Bonchev–Trinajstić information content (AvgIpc) is 2.62. The SMILES string of the molecule is CCCCCC/[C](=C\C#CC(C)(C)C)[Sn]([CH2]CCC)([CH2]CCC)[CH2]CCC. The van der Waals surface area contributed by atoms with Crippen LogP contribution in [0.15, 0.2) is 9.67 Å². The zero-order valence-corrected chi connectivity index (χ0v) is 22.8. The summed E-state index contributed by atoms with van der Waals surface area (Å²) in [5.41, 5.74) is 0.109. The zero-order valence-electron chi connectivity index (χ0n) is 20.0. The monoisotopic (exact) mass is 482 g/mol. The summed E-state index contributed by atoms with van der Waals surface area (Å²) in [6.07, 6.45) is 17.7. The van der Waals surface area contributed by atoms with E-state index in [0.29, 0.717) is 0 Å². The molecule has 0 aromatic rings. The number of hydrogen-bond donors (Lipinski definition) is 0. The second-order valence-corrected chi connectivity index (χ2v) is 23.0. The first-order valence-electron chi connectivity index (χ1n) is 12.1. The van der Waals surface area contributed by atoms with Crippen LogP contribution in [0.2, 0.25) is 13.3 Å². The normalized spacial score (nSPS) is 12.8. The third-order valence-corrected chi connectivity index (χ3v) is 21.9. The van der Waals surface area contributed by atoms with Gasteiger partial charge in [-0.3, -0.25) is 0 Å². The van der Waals surface area contributed by atoms with Crippen LogP contribution in [-0.4, -0.2) is 18.4 Å². The fraction of sp³-hybridized carbons (Fsp3) is 0.846. The van der Waals surface area contributed by atoms with E-state index in [1.54, 1.807) is 13.3 Å². The fourth-order valence-electron chi connectivity index (χ4n) is 3.97. The van der Waals surface area contributed by atoms with Gasteiger partial charge in [-0.15, -0.1) is 0 Å². The van der Waals surface area contributed by atoms with Crippen LogP contribution < -0.4 is 0 Å². The molecular formula is C26H50Sn. The molecule has 0 bridgehead atoms. The van der Waals surface area contributed by atoms with Gasteiger partial charge in [0.2, 0.25) is 0 Å². The first kappa shape index (κ1) is 27.1. The van der Waals surface area contributed by atoms with Crippen molar-refractivity contribution in [3.8, 4) is 11.8 Å². The number of unbranched alkanes of at least 4 members (excludes halogenated alkanes) is 6. The van der Waals surface area contributed by atoms with Crippen molar-refractivity contribution >= 4 is 18.4 Å². The standard InChI is InChI=1S/C14H23.3C4H9.Sn/c1-5-6-7-8-9-10-11-12-13-14(2,3)4;3*1-3-4-2;/h11H,5-9H2,1-4H3;3*1,3-4H2,2H3;. The van der Waals surface area contributed by atoms with Gasteiger partial charge in [0.05, 0.1) is 0 Å². The van der Waals surface area contributed by atoms with Crippen molar-refractivity contribution in [2.24, 2.45) is 5.41 Å². The predicted molar refractivity (Wildman–Crippen MR) is 129 cm³/mol. The third kappa shape index (κ3) is 13.0. The van der Waals surface area contributed by atoms with E-state index in [2.05, 4.69) is 66.4 Å². The molecule has 0 fully saturated rings. The molecule has 0 aromatic heterocycles. The molecule has 0 spiro atoms. The molecular weight excluding hydrogens is 431 g/mol. The predicted octanol–water partition coefficient (Wildman–Crippen LogP) is 9.32. The Hall–Kier alpha value is 0.0987. The molecule has 0 aromatic carbocycles. The van der Waals surface area contributed by atoms with Crippen LogP contribution in [0.5, 0.6) is 0 Å². The van der Waals surface area contributed by atoms with Crippen LogP contribution in [0.4, 0.5) is 0 Å². The summed E-state index contributed by atoms with van der Waals surface area (Å²) in [7, 11) is 0. The molecule has 0 aliphatic carbocycles. The molecule has 1 heteroatoms. The van der Waals surface area contributed by atoms with E-state index in [4.69, 9.17) is 0 Å². The zero-order chi connectivity index (χ0) is 20.6. The van der Waals surface area contributed by atoms with E-state index in [1.807, 2.05) is 3.59 Å². The van der Waals surface area contributed by atoms with Gasteiger partial charge < -0.3 is 0 Å². The van der Waals surface area contributed by atoms with Crippen molar-refractivity contribution in [3.63, 3.8) is 0 Å². The summed E-state index contributed by atoms with van der Waals surface area (Å²) in [6.45, 7) is 16.1. The van der Waals surface area contributed by atoms with Crippen molar-refractivity contribution in [1.29, 1.82) is 0 Å². The van der Waals surface area contributed by atoms with E-state index in [9.17, 15) is 0 Å². The Morgan fingerprint density at radius 3 is 1.59 bits per heavy atom. The van der Waals surface area contributed by atoms with Gasteiger partial charge in [-0.2, -0.15) is 0 Å². The molecule has 0 nitrogen and oxygen atoms in total. The molecule has 0 heterocycles. The van der Waals surface area contributed by atoms with E-state index in [1.165, 1.54) is 70.6 Å². The van der Waals surface area contributed by atoms with E-state index in [0.717, 1.165) is 0 Å². The molecule has 0 saturated heterocycles. The van der Waals surface area contributed by atoms with Crippen molar-refractivity contribution < 1.29 is 0 Å². The second kappa shape index (κ2) is 16.0. The maximum atomic E-state index is 3.54. The molecule has 0 rings (SSSR count). The van der Waals surface area contributed by atoms with Crippen LogP contribution >= 0.6 is 0 Å². The Bertz CT molecular complexity index is 419. The Labute approximate surface area is 177 Å². The topological polar surface area (TPSA) is 0 Å². The Kier molecular flexibility index (Phi) is 16.0. The maximum absolute atomic E-state index is 3.54. The van der Waals surface area contributed by atoms with Gasteiger partial charge in [0.25, 0.3) is 0 Å². The molecule has 0 aliphatic rings. The van der Waals surface area contributed by atoms with Gasteiger partial charge in [-0.05, 0) is 0 Å². The van der Waals surface area contributed by atoms with E-state index >= 15 is 0 Å². The minimum atomic E-state index is -2.30. The van der Waals surface area contributed by atoms with Crippen molar-refractivity contribution in [2.75, 3.05) is 0 Å². The number of rotatable bonds is 15. The molecule has 0 N–H and O–H groups in total. The summed E-state index contributed by atoms with van der Waals surface area (Å²) in [6, 6.07) is 0. The summed E-state index contributed by atoms with van der Waals surface area (Å²) >= 11 is -2.30. The average molecular weight is 481 g/mol.